The van der Waals surface area contributed by atoms with Crippen molar-refractivity contribution in [2.24, 2.45) is 5.41 Å². The van der Waals surface area contributed by atoms with Crippen LogP contribution in [0.25, 0.3) is 0 Å². The molecule has 0 fully saturated rings. The van der Waals surface area contributed by atoms with E-state index in [1.54, 1.807) is 0 Å². The molecule has 2 N–H and O–H groups in total. The van der Waals surface area contributed by atoms with Gasteiger partial charge in [0, 0.05) is 12.1 Å². The number of carbonyl (C=O) groups excluding carboxylic acids is 1. The molecule has 0 heterocycles. The molecule has 1 aromatic rings. The van der Waals surface area contributed by atoms with Crippen LogP contribution in [0, 0.1) is 24.2 Å². The van der Waals surface area contributed by atoms with Crippen LogP contribution in [-0.2, 0) is 0 Å². The number of nitrogens with one attached hydrogen (secondary N) is 1. The number of aliphatic hydroxyl groups is 1. The summed E-state index contributed by atoms with van der Waals surface area (Å²) in [6, 6.07) is 5.55. The Hall–Kier alpha value is -1.79. The number of aryl methyl sites for hydroxylation is 1. The van der Waals surface area contributed by atoms with Gasteiger partial charge in [0.2, 0.25) is 0 Å². The summed E-state index contributed by atoms with van der Waals surface area (Å²) in [4.78, 5) is 12.2. The molecular formula is C17H23NO2. The van der Waals surface area contributed by atoms with E-state index in [9.17, 15) is 4.79 Å². The Labute approximate surface area is 121 Å². The molecule has 0 aromatic heterocycles. The van der Waals surface area contributed by atoms with E-state index in [1.807, 2.05) is 25.1 Å². The fraction of sp³-hybridized carbons (Fsp3) is 0.471. The Morgan fingerprint density at radius 3 is 2.65 bits per heavy atom. The van der Waals surface area contributed by atoms with Crippen molar-refractivity contribution in [2.75, 3.05) is 13.2 Å². The van der Waals surface area contributed by atoms with E-state index < -0.39 is 0 Å². The quantitative estimate of drug-likeness (QED) is 0.831. The third kappa shape index (κ3) is 5.46. The standard InChI is InChI=1S/C17H23NO2/c1-13-7-8-14(6-5-11-19)15(12-13)16(20)18-10-9-17(2,3)4/h7-8,12,19H,9-11H2,1-4H3,(H,18,20). The van der Waals surface area contributed by atoms with E-state index in [4.69, 9.17) is 5.11 Å². The molecule has 108 valence electrons. The molecule has 0 aliphatic carbocycles. The van der Waals surface area contributed by atoms with Crippen molar-refractivity contribution < 1.29 is 9.90 Å². The van der Waals surface area contributed by atoms with E-state index in [0.717, 1.165) is 12.0 Å². The first-order chi connectivity index (χ1) is 9.33. The second-order valence-corrected chi connectivity index (χ2v) is 6.08. The van der Waals surface area contributed by atoms with Crippen LogP contribution in [0.4, 0.5) is 0 Å². The van der Waals surface area contributed by atoms with Gasteiger partial charge in [-0.3, -0.25) is 4.79 Å². The SMILES string of the molecule is Cc1ccc(C#CCO)c(C(=O)NCCC(C)(C)C)c1. The summed E-state index contributed by atoms with van der Waals surface area (Å²) in [5, 5.41) is 11.7. The molecule has 0 spiro atoms. The van der Waals surface area contributed by atoms with Gasteiger partial charge >= 0.3 is 0 Å². The second kappa shape index (κ2) is 7.12. The first-order valence-electron chi connectivity index (χ1n) is 6.82. The summed E-state index contributed by atoms with van der Waals surface area (Å²) >= 11 is 0. The van der Waals surface area contributed by atoms with Gasteiger partial charge in [-0.05, 0) is 30.9 Å². The molecule has 0 aliphatic rings. The lowest BCUT2D eigenvalue weighted by atomic mass is 9.92. The maximum absolute atomic E-state index is 12.2. The van der Waals surface area contributed by atoms with Gasteiger partial charge in [-0.15, -0.1) is 0 Å². The highest BCUT2D eigenvalue weighted by Crippen LogP contribution is 2.17. The summed E-state index contributed by atoms with van der Waals surface area (Å²) in [5.74, 6) is 5.29. The number of aliphatic hydroxyl groups excluding tert-OH is 1. The summed E-state index contributed by atoms with van der Waals surface area (Å²) < 4.78 is 0. The van der Waals surface area contributed by atoms with Crippen LogP contribution < -0.4 is 5.32 Å². The Kier molecular flexibility index (Phi) is 5.79. The minimum atomic E-state index is -0.209. The molecule has 20 heavy (non-hydrogen) atoms. The van der Waals surface area contributed by atoms with Crippen molar-refractivity contribution in [3.05, 3.63) is 34.9 Å². The monoisotopic (exact) mass is 273 g/mol. The number of benzene rings is 1. The van der Waals surface area contributed by atoms with Crippen molar-refractivity contribution >= 4 is 5.91 Å². The molecule has 3 heteroatoms. The number of hydrogen-bond acceptors (Lipinski definition) is 2. The zero-order valence-corrected chi connectivity index (χ0v) is 12.7. The molecule has 1 rings (SSSR count). The normalized spacial score (nSPS) is 10.7. The van der Waals surface area contributed by atoms with Crippen molar-refractivity contribution in [1.29, 1.82) is 0 Å². The van der Waals surface area contributed by atoms with Crippen molar-refractivity contribution in [3.8, 4) is 11.8 Å². The number of amides is 1. The van der Waals surface area contributed by atoms with Crippen LogP contribution >= 0.6 is 0 Å². The highest BCUT2D eigenvalue weighted by Gasteiger charge is 2.13. The van der Waals surface area contributed by atoms with Gasteiger partial charge in [0.25, 0.3) is 5.91 Å². The first-order valence-corrected chi connectivity index (χ1v) is 6.82. The fourth-order valence-corrected chi connectivity index (χ4v) is 1.74. The molecule has 0 saturated heterocycles. The van der Waals surface area contributed by atoms with Crippen LogP contribution in [0.15, 0.2) is 18.2 Å². The highest BCUT2D eigenvalue weighted by molar-refractivity contribution is 5.96. The van der Waals surface area contributed by atoms with Crippen molar-refractivity contribution in [1.82, 2.24) is 5.32 Å². The third-order valence-corrected chi connectivity index (χ3v) is 2.88. The van der Waals surface area contributed by atoms with Crippen molar-refractivity contribution in [3.63, 3.8) is 0 Å². The molecule has 0 unspecified atom stereocenters. The minimum Gasteiger partial charge on any atom is -0.384 e. The summed E-state index contributed by atoms with van der Waals surface area (Å²) in [6.07, 6.45) is 0.919. The van der Waals surface area contributed by atoms with Crippen LogP contribution in [0.5, 0.6) is 0 Å². The average molecular weight is 273 g/mol. The van der Waals surface area contributed by atoms with E-state index >= 15 is 0 Å². The predicted octanol–water partition coefficient (Wildman–Crippen LogP) is 2.50. The molecular weight excluding hydrogens is 250 g/mol. The smallest absolute Gasteiger partial charge is 0.252 e. The van der Waals surface area contributed by atoms with Gasteiger partial charge in [-0.2, -0.15) is 0 Å². The second-order valence-electron chi connectivity index (χ2n) is 6.08. The van der Waals surface area contributed by atoms with Crippen LogP contribution in [0.2, 0.25) is 0 Å². The topological polar surface area (TPSA) is 49.3 Å². The van der Waals surface area contributed by atoms with E-state index in [2.05, 4.69) is 37.9 Å². The van der Waals surface area contributed by atoms with Gasteiger partial charge in [-0.25, -0.2) is 0 Å². The van der Waals surface area contributed by atoms with Crippen LogP contribution in [-0.4, -0.2) is 24.2 Å². The third-order valence-electron chi connectivity index (χ3n) is 2.88. The minimum absolute atomic E-state index is 0.111. The Morgan fingerprint density at radius 2 is 2.05 bits per heavy atom. The Balaban J connectivity index is 2.83. The Bertz CT molecular complexity index is 530. The molecule has 0 atom stereocenters. The maximum atomic E-state index is 12.2. The van der Waals surface area contributed by atoms with Gasteiger partial charge in [0.05, 0.1) is 5.56 Å². The van der Waals surface area contributed by atoms with E-state index in [1.165, 1.54) is 0 Å². The number of rotatable bonds is 3. The first kappa shape index (κ1) is 16.3. The maximum Gasteiger partial charge on any atom is 0.252 e. The van der Waals surface area contributed by atoms with Crippen LogP contribution in [0.3, 0.4) is 0 Å². The fourth-order valence-electron chi connectivity index (χ4n) is 1.74. The van der Waals surface area contributed by atoms with E-state index in [-0.39, 0.29) is 17.9 Å². The predicted molar refractivity (Wildman–Crippen MR) is 81.5 cm³/mol. The molecule has 1 amide bonds. The largest absolute Gasteiger partial charge is 0.384 e. The molecule has 0 saturated carbocycles. The van der Waals surface area contributed by atoms with Crippen molar-refractivity contribution in [2.45, 2.75) is 34.1 Å². The van der Waals surface area contributed by atoms with Gasteiger partial charge in [-0.1, -0.05) is 44.2 Å². The summed E-state index contributed by atoms with van der Waals surface area (Å²) in [7, 11) is 0. The lowest BCUT2D eigenvalue weighted by molar-refractivity contribution is 0.0949. The molecule has 0 bridgehead atoms. The number of carbonyl (C=O) groups is 1. The molecule has 0 radical (unpaired) electrons. The highest BCUT2D eigenvalue weighted by atomic mass is 16.2. The zero-order valence-electron chi connectivity index (χ0n) is 12.7. The summed E-state index contributed by atoms with van der Waals surface area (Å²) in [5.41, 5.74) is 2.43. The van der Waals surface area contributed by atoms with Gasteiger partial charge in [0.1, 0.15) is 6.61 Å². The lowest BCUT2D eigenvalue weighted by Gasteiger charge is -2.18. The van der Waals surface area contributed by atoms with Gasteiger partial charge < -0.3 is 10.4 Å². The van der Waals surface area contributed by atoms with Crippen LogP contribution in [0.1, 0.15) is 48.7 Å². The molecule has 1 aromatic carbocycles. The molecule has 3 nitrogen and oxygen atoms in total. The zero-order chi connectivity index (χ0) is 15.2. The summed E-state index contributed by atoms with van der Waals surface area (Å²) in [6.45, 7) is 8.80. The Morgan fingerprint density at radius 1 is 1.35 bits per heavy atom. The van der Waals surface area contributed by atoms with Gasteiger partial charge in [0.15, 0.2) is 0 Å². The molecule has 0 aliphatic heterocycles. The lowest BCUT2D eigenvalue weighted by Crippen LogP contribution is -2.28. The average Bonchev–Trinajstić information content (AvgIpc) is 2.35. The van der Waals surface area contributed by atoms with E-state index in [0.29, 0.717) is 17.7 Å². The number of hydrogen-bond donors (Lipinski definition) is 2.